The Labute approximate surface area is 156 Å². The molecule has 2 aromatic carbocycles. The van der Waals surface area contributed by atoms with Crippen LogP contribution in [0.25, 0.3) is 0 Å². The van der Waals surface area contributed by atoms with Gasteiger partial charge in [-0.1, -0.05) is 18.2 Å². The largest absolute Gasteiger partial charge is 0.478 e. The molecule has 4 N–H and O–H groups in total. The summed E-state index contributed by atoms with van der Waals surface area (Å²) in [4.78, 5) is 35.2. The summed E-state index contributed by atoms with van der Waals surface area (Å²) in [6, 6.07) is 11.3. The molecule has 0 unspecified atom stereocenters. The molecule has 0 bridgehead atoms. The van der Waals surface area contributed by atoms with Crippen LogP contribution < -0.4 is 16.0 Å². The molecule has 7 nitrogen and oxygen atoms in total. The molecular formula is C20H21N3O4. The molecule has 2 aromatic rings. The van der Waals surface area contributed by atoms with Crippen LogP contribution in [0.4, 0.5) is 10.5 Å². The highest BCUT2D eigenvalue weighted by Gasteiger charge is 2.24. The van der Waals surface area contributed by atoms with E-state index in [1.807, 2.05) is 6.92 Å². The Morgan fingerprint density at radius 3 is 2.33 bits per heavy atom. The lowest BCUT2D eigenvalue weighted by atomic mass is 10.1. The minimum atomic E-state index is -0.992. The number of anilines is 1. The molecule has 1 fully saturated rings. The molecule has 0 aromatic heterocycles. The molecule has 0 saturated heterocycles. The van der Waals surface area contributed by atoms with Gasteiger partial charge in [0.05, 0.1) is 5.56 Å². The lowest BCUT2D eigenvalue weighted by molar-refractivity contribution is 0.0696. The first kappa shape index (κ1) is 18.4. The molecule has 0 radical (unpaired) electrons. The first-order chi connectivity index (χ1) is 12.9. The van der Waals surface area contributed by atoms with Gasteiger partial charge in [0.2, 0.25) is 0 Å². The van der Waals surface area contributed by atoms with Gasteiger partial charge in [-0.15, -0.1) is 0 Å². The lowest BCUT2D eigenvalue weighted by Crippen LogP contribution is -2.29. The van der Waals surface area contributed by atoms with Crippen molar-refractivity contribution in [1.82, 2.24) is 10.6 Å². The molecule has 0 atom stereocenters. The quantitative estimate of drug-likeness (QED) is 0.629. The normalized spacial score (nSPS) is 12.9. The van der Waals surface area contributed by atoms with Crippen molar-refractivity contribution in [1.29, 1.82) is 0 Å². The predicted octanol–water partition coefficient (Wildman–Crippen LogP) is 2.91. The van der Waals surface area contributed by atoms with Crippen LogP contribution >= 0.6 is 0 Å². The number of benzene rings is 2. The Morgan fingerprint density at radius 1 is 1.04 bits per heavy atom. The maximum atomic E-state index is 12.2. The predicted molar refractivity (Wildman–Crippen MR) is 101 cm³/mol. The number of carboxylic acids is 1. The topological polar surface area (TPSA) is 108 Å². The Hall–Kier alpha value is -3.35. The SMILES string of the molecule is Cc1ccc(C(=O)NC2CC2)cc1NC(=O)NCc1ccc(C(=O)O)cc1. The van der Waals surface area contributed by atoms with Gasteiger partial charge in [0.15, 0.2) is 0 Å². The summed E-state index contributed by atoms with van der Waals surface area (Å²) in [5, 5.41) is 17.3. The zero-order chi connectivity index (χ0) is 19.4. The second kappa shape index (κ2) is 7.90. The van der Waals surface area contributed by atoms with E-state index in [1.54, 1.807) is 30.3 Å². The smallest absolute Gasteiger partial charge is 0.335 e. The summed E-state index contributed by atoms with van der Waals surface area (Å²) >= 11 is 0. The number of nitrogens with one attached hydrogen (secondary N) is 3. The third-order valence-corrected chi connectivity index (χ3v) is 4.31. The van der Waals surface area contributed by atoms with Crippen molar-refractivity contribution >= 4 is 23.6 Å². The number of urea groups is 1. The van der Waals surface area contributed by atoms with E-state index in [4.69, 9.17) is 5.11 Å². The van der Waals surface area contributed by atoms with E-state index in [0.717, 1.165) is 24.0 Å². The number of aryl methyl sites for hydroxylation is 1. The van der Waals surface area contributed by atoms with Gasteiger partial charge in [-0.2, -0.15) is 0 Å². The van der Waals surface area contributed by atoms with Crippen molar-refractivity contribution in [2.45, 2.75) is 32.4 Å². The van der Waals surface area contributed by atoms with E-state index in [2.05, 4.69) is 16.0 Å². The molecular weight excluding hydrogens is 346 g/mol. The van der Waals surface area contributed by atoms with Crippen LogP contribution in [0.15, 0.2) is 42.5 Å². The summed E-state index contributed by atoms with van der Waals surface area (Å²) < 4.78 is 0. The maximum Gasteiger partial charge on any atom is 0.335 e. The Morgan fingerprint density at radius 2 is 1.70 bits per heavy atom. The summed E-state index contributed by atoms with van der Waals surface area (Å²) in [5.74, 6) is -1.13. The van der Waals surface area contributed by atoms with E-state index in [0.29, 0.717) is 11.3 Å². The lowest BCUT2D eigenvalue weighted by Gasteiger charge is -2.12. The summed E-state index contributed by atoms with van der Waals surface area (Å²) in [6.45, 7) is 2.11. The molecule has 1 saturated carbocycles. The fraction of sp³-hybridized carbons (Fsp3) is 0.250. The first-order valence-electron chi connectivity index (χ1n) is 8.71. The Kier molecular flexibility index (Phi) is 5.40. The first-order valence-corrected chi connectivity index (χ1v) is 8.71. The molecule has 3 amide bonds. The van der Waals surface area contributed by atoms with Crippen LogP contribution in [-0.2, 0) is 6.54 Å². The Bertz CT molecular complexity index is 873. The van der Waals surface area contributed by atoms with Gasteiger partial charge in [0, 0.05) is 23.8 Å². The molecule has 1 aliphatic rings. The van der Waals surface area contributed by atoms with Crippen LogP contribution in [-0.4, -0.2) is 29.1 Å². The molecule has 27 heavy (non-hydrogen) atoms. The molecule has 0 aliphatic heterocycles. The number of carboxylic acid groups (broad SMARTS) is 1. The molecule has 3 rings (SSSR count). The standard InChI is InChI=1S/C20H21N3O4/c1-12-2-5-15(18(24)22-16-8-9-16)10-17(12)23-20(27)21-11-13-3-6-14(7-4-13)19(25)26/h2-7,10,16H,8-9,11H2,1H3,(H,22,24)(H,25,26)(H2,21,23,27). The van der Waals surface area contributed by atoms with E-state index in [1.165, 1.54) is 12.1 Å². The van der Waals surface area contributed by atoms with Crippen molar-refractivity contribution in [3.63, 3.8) is 0 Å². The van der Waals surface area contributed by atoms with E-state index in [9.17, 15) is 14.4 Å². The number of aromatic carboxylic acids is 1. The molecule has 0 heterocycles. The van der Waals surface area contributed by atoms with Crippen LogP contribution in [0, 0.1) is 6.92 Å². The fourth-order valence-electron chi connectivity index (χ4n) is 2.51. The van der Waals surface area contributed by atoms with E-state index < -0.39 is 12.0 Å². The number of carbonyl (C=O) groups is 3. The van der Waals surface area contributed by atoms with Gasteiger partial charge < -0.3 is 21.1 Å². The number of hydrogen-bond acceptors (Lipinski definition) is 3. The van der Waals surface area contributed by atoms with Crippen molar-refractivity contribution in [2.75, 3.05) is 5.32 Å². The third-order valence-electron chi connectivity index (χ3n) is 4.31. The zero-order valence-electron chi connectivity index (χ0n) is 14.9. The number of hydrogen-bond donors (Lipinski definition) is 4. The highest BCUT2D eigenvalue weighted by atomic mass is 16.4. The molecule has 7 heteroatoms. The van der Waals surface area contributed by atoms with Crippen molar-refractivity contribution < 1.29 is 19.5 Å². The summed E-state index contributed by atoms with van der Waals surface area (Å²) in [6.07, 6.45) is 2.02. The highest BCUT2D eigenvalue weighted by molar-refractivity contribution is 5.97. The average molecular weight is 367 g/mol. The number of rotatable bonds is 6. The second-order valence-corrected chi connectivity index (χ2v) is 6.59. The minimum absolute atomic E-state index is 0.139. The van der Waals surface area contributed by atoms with Crippen LogP contribution in [0.2, 0.25) is 0 Å². The van der Waals surface area contributed by atoms with Crippen molar-refractivity contribution in [3.8, 4) is 0 Å². The van der Waals surface area contributed by atoms with Gasteiger partial charge in [-0.25, -0.2) is 9.59 Å². The maximum absolute atomic E-state index is 12.2. The summed E-state index contributed by atoms with van der Waals surface area (Å²) in [5.41, 5.74) is 2.90. The monoisotopic (exact) mass is 367 g/mol. The summed E-state index contributed by atoms with van der Waals surface area (Å²) in [7, 11) is 0. The highest BCUT2D eigenvalue weighted by Crippen LogP contribution is 2.21. The van der Waals surface area contributed by atoms with E-state index >= 15 is 0 Å². The Balaban J connectivity index is 1.58. The van der Waals surface area contributed by atoms with Gasteiger partial charge in [-0.05, 0) is 55.2 Å². The fourth-order valence-corrected chi connectivity index (χ4v) is 2.51. The van der Waals surface area contributed by atoms with Gasteiger partial charge >= 0.3 is 12.0 Å². The van der Waals surface area contributed by atoms with Gasteiger partial charge in [0.25, 0.3) is 5.91 Å². The van der Waals surface area contributed by atoms with Crippen LogP contribution in [0.1, 0.15) is 44.7 Å². The third kappa shape index (κ3) is 5.07. The minimum Gasteiger partial charge on any atom is -0.478 e. The van der Waals surface area contributed by atoms with Crippen LogP contribution in [0.5, 0.6) is 0 Å². The van der Waals surface area contributed by atoms with Gasteiger partial charge in [-0.3, -0.25) is 4.79 Å². The van der Waals surface area contributed by atoms with Crippen LogP contribution in [0.3, 0.4) is 0 Å². The zero-order valence-corrected chi connectivity index (χ0v) is 14.9. The van der Waals surface area contributed by atoms with Gasteiger partial charge in [0.1, 0.15) is 0 Å². The molecule has 1 aliphatic carbocycles. The molecule has 140 valence electrons. The van der Waals surface area contributed by atoms with E-state index in [-0.39, 0.29) is 24.1 Å². The molecule has 0 spiro atoms. The van der Waals surface area contributed by atoms with Crippen molar-refractivity contribution in [2.24, 2.45) is 0 Å². The number of carbonyl (C=O) groups excluding carboxylic acids is 2. The van der Waals surface area contributed by atoms with Crippen molar-refractivity contribution in [3.05, 3.63) is 64.7 Å². The number of amides is 3. The second-order valence-electron chi connectivity index (χ2n) is 6.59. The average Bonchev–Trinajstić information content (AvgIpc) is 3.46.